The van der Waals surface area contributed by atoms with Crippen molar-refractivity contribution in [2.75, 3.05) is 11.9 Å². The van der Waals surface area contributed by atoms with Crippen LogP contribution in [-0.4, -0.2) is 27.6 Å². The Bertz CT molecular complexity index is 1000. The van der Waals surface area contributed by atoms with Crippen LogP contribution in [0.25, 0.3) is 6.08 Å². The van der Waals surface area contributed by atoms with Crippen molar-refractivity contribution in [2.24, 2.45) is 0 Å². The van der Waals surface area contributed by atoms with Gasteiger partial charge in [0.15, 0.2) is 0 Å². The summed E-state index contributed by atoms with van der Waals surface area (Å²) >= 11 is 12.8. The first-order valence-corrected chi connectivity index (χ1v) is 10.8. The summed E-state index contributed by atoms with van der Waals surface area (Å²) in [5.74, 6) is -0.222. The Hall–Kier alpha value is -2.15. The topological polar surface area (TPSA) is 49.4 Å². The molecule has 3 rings (SSSR count). The van der Waals surface area contributed by atoms with E-state index in [1.807, 2.05) is 50.2 Å². The Morgan fingerprint density at radius 2 is 1.97 bits per heavy atom. The number of carbonyl (C=O) groups is 2. The zero-order valence-electron chi connectivity index (χ0n) is 16.2. The second-order valence-corrected chi connectivity index (χ2v) is 8.89. The van der Waals surface area contributed by atoms with Gasteiger partial charge in [0.05, 0.1) is 4.91 Å². The van der Waals surface area contributed by atoms with Crippen LogP contribution >= 0.6 is 35.6 Å². The Morgan fingerprint density at radius 3 is 2.69 bits per heavy atom. The van der Waals surface area contributed by atoms with Gasteiger partial charge in [-0.3, -0.25) is 14.5 Å². The molecule has 7 heteroatoms. The Morgan fingerprint density at radius 1 is 1.21 bits per heavy atom. The SMILES string of the molecule is Cc1ccc(NC(=O)CCCN2C(=O)/C(=C\c3ccccc3Cl)SC2=S)cc1C. The highest BCUT2D eigenvalue weighted by atomic mass is 35.5. The highest BCUT2D eigenvalue weighted by molar-refractivity contribution is 8.26. The van der Waals surface area contributed by atoms with Crippen LogP contribution in [0.4, 0.5) is 5.69 Å². The van der Waals surface area contributed by atoms with Gasteiger partial charge in [-0.2, -0.15) is 0 Å². The van der Waals surface area contributed by atoms with Crippen molar-refractivity contribution in [3.63, 3.8) is 0 Å². The molecule has 1 fully saturated rings. The number of anilines is 1. The first kappa shape index (κ1) is 21.6. The van der Waals surface area contributed by atoms with E-state index >= 15 is 0 Å². The summed E-state index contributed by atoms with van der Waals surface area (Å²) in [6.45, 7) is 4.45. The van der Waals surface area contributed by atoms with E-state index in [2.05, 4.69) is 5.32 Å². The number of nitrogens with zero attached hydrogens (tertiary/aromatic N) is 1. The standard InChI is InChI=1S/C22H21ClN2O2S2/c1-14-9-10-17(12-15(14)2)24-20(26)8-5-11-25-21(27)19(29-22(25)28)13-16-6-3-4-7-18(16)23/h3-4,6-7,9-10,12-13H,5,8,11H2,1-2H3,(H,24,26)/b19-13+. The summed E-state index contributed by atoms with van der Waals surface area (Å²) in [4.78, 5) is 27.0. The normalized spacial score (nSPS) is 15.3. The molecule has 150 valence electrons. The number of nitrogens with one attached hydrogen (secondary N) is 1. The van der Waals surface area contributed by atoms with Crippen LogP contribution in [0.5, 0.6) is 0 Å². The quantitative estimate of drug-likeness (QED) is 0.467. The van der Waals surface area contributed by atoms with Crippen LogP contribution in [0, 0.1) is 13.8 Å². The fraction of sp³-hybridized carbons (Fsp3) is 0.227. The predicted molar refractivity (Wildman–Crippen MR) is 125 cm³/mol. The summed E-state index contributed by atoms with van der Waals surface area (Å²) in [6.07, 6.45) is 2.60. The minimum Gasteiger partial charge on any atom is -0.326 e. The maximum absolute atomic E-state index is 12.7. The van der Waals surface area contributed by atoms with Gasteiger partial charge in [0.1, 0.15) is 4.32 Å². The van der Waals surface area contributed by atoms with Gasteiger partial charge >= 0.3 is 0 Å². The first-order chi connectivity index (χ1) is 13.8. The summed E-state index contributed by atoms with van der Waals surface area (Å²) in [5, 5.41) is 3.48. The third kappa shape index (κ3) is 5.47. The molecule has 0 radical (unpaired) electrons. The molecular formula is C22H21ClN2O2S2. The lowest BCUT2D eigenvalue weighted by Crippen LogP contribution is -2.29. The number of hydrogen-bond acceptors (Lipinski definition) is 4. The molecule has 29 heavy (non-hydrogen) atoms. The minimum atomic E-state index is -0.144. The fourth-order valence-corrected chi connectivity index (χ4v) is 4.36. The number of carbonyl (C=O) groups excluding carboxylic acids is 2. The van der Waals surface area contributed by atoms with Crippen LogP contribution in [0.2, 0.25) is 5.02 Å². The minimum absolute atomic E-state index is 0.0784. The maximum atomic E-state index is 12.7. The lowest BCUT2D eigenvalue weighted by molar-refractivity contribution is -0.122. The van der Waals surface area contributed by atoms with E-state index in [-0.39, 0.29) is 11.8 Å². The van der Waals surface area contributed by atoms with Crippen LogP contribution < -0.4 is 5.32 Å². The number of halogens is 1. The van der Waals surface area contributed by atoms with Crippen LogP contribution in [0.1, 0.15) is 29.5 Å². The zero-order chi connectivity index (χ0) is 21.0. The molecule has 0 unspecified atom stereocenters. The van der Waals surface area contributed by atoms with Gasteiger partial charge in [0.2, 0.25) is 5.91 Å². The number of thioether (sulfide) groups is 1. The van der Waals surface area contributed by atoms with Gasteiger partial charge in [-0.25, -0.2) is 0 Å². The van der Waals surface area contributed by atoms with Gasteiger partial charge in [0.25, 0.3) is 5.91 Å². The van der Waals surface area contributed by atoms with Crippen molar-refractivity contribution < 1.29 is 9.59 Å². The lowest BCUT2D eigenvalue weighted by Gasteiger charge is -2.14. The average molecular weight is 445 g/mol. The number of thiocarbonyl (C=S) groups is 1. The van der Waals surface area contributed by atoms with Crippen molar-refractivity contribution in [1.82, 2.24) is 4.90 Å². The molecule has 1 saturated heterocycles. The van der Waals surface area contributed by atoms with E-state index in [0.717, 1.165) is 16.8 Å². The third-order valence-corrected chi connectivity index (χ3v) is 6.36. The van der Waals surface area contributed by atoms with E-state index < -0.39 is 0 Å². The highest BCUT2D eigenvalue weighted by Gasteiger charge is 2.31. The molecule has 0 saturated carbocycles. The van der Waals surface area contributed by atoms with Crippen LogP contribution in [0.15, 0.2) is 47.4 Å². The maximum Gasteiger partial charge on any atom is 0.266 e. The average Bonchev–Trinajstić information content (AvgIpc) is 2.94. The fourth-order valence-electron chi connectivity index (χ4n) is 2.87. The molecule has 4 nitrogen and oxygen atoms in total. The molecule has 0 aliphatic carbocycles. The smallest absolute Gasteiger partial charge is 0.266 e. The van der Waals surface area contributed by atoms with Crippen LogP contribution in [0.3, 0.4) is 0 Å². The number of benzene rings is 2. The predicted octanol–water partition coefficient (Wildman–Crippen LogP) is 5.58. The Balaban J connectivity index is 1.54. The summed E-state index contributed by atoms with van der Waals surface area (Å²) in [6, 6.07) is 13.2. The summed E-state index contributed by atoms with van der Waals surface area (Å²) < 4.78 is 0.503. The number of aryl methyl sites for hydroxylation is 2. The molecular weight excluding hydrogens is 424 g/mol. The van der Waals surface area contributed by atoms with Crippen molar-refractivity contribution in [3.8, 4) is 0 Å². The monoisotopic (exact) mass is 444 g/mol. The molecule has 1 N–H and O–H groups in total. The molecule has 0 bridgehead atoms. The van der Waals surface area contributed by atoms with Gasteiger partial charge in [0, 0.05) is 23.7 Å². The van der Waals surface area contributed by atoms with Crippen molar-refractivity contribution in [2.45, 2.75) is 26.7 Å². The van der Waals surface area contributed by atoms with Gasteiger partial charge in [-0.05, 0) is 61.2 Å². The molecule has 0 spiro atoms. The lowest BCUT2D eigenvalue weighted by atomic mass is 10.1. The van der Waals surface area contributed by atoms with E-state index in [9.17, 15) is 9.59 Å². The third-order valence-electron chi connectivity index (χ3n) is 4.64. The molecule has 1 aliphatic rings. The summed E-state index contributed by atoms with van der Waals surface area (Å²) in [7, 11) is 0. The van der Waals surface area contributed by atoms with Crippen LogP contribution in [-0.2, 0) is 9.59 Å². The van der Waals surface area contributed by atoms with Gasteiger partial charge < -0.3 is 5.32 Å². The molecule has 2 aromatic carbocycles. The van der Waals surface area contributed by atoms with Gasteiger partial charge in [-0.15, -0.1) is 0 Å². The van der Waals surface area contributed by atoms with E-state index in [1.165, 1.54) is 17.3 Å². The first-order valence-electron chi connectivity index (χ1n) is 9.22. The van der Waals surface area contributed by atoms with Crippen molar-refractivity contribution >= 4 is 63.5 Å². The van der Waals surface area contributed by atoms with E-state index in [1.54, 1.807) is 17.0 Å². The molecule has 0 atom stereocenters. The molecule has 1 aliphatic heterocycles. The van der Waals surface area contributed by atoms with Crippen molar-refractivity contribution in [1.29, 1.82) is 0 Å². The molecule has 2 aromatic rings. The zero-order valence-corrected chi connectivity index (χ0v) is 18.6. The second-order valence-electron chi connectivity index (χ2n) is 6.81. The Labute approximate surface area is 185 Å². The summed E-state index contributed by atoms with van der Waals surface area (Å²) in [5.41, 5.74) is 3.88. The van der Waals surface area contributed by atoms with E-state index in [4.69, 9.17) is 23.8 Å². The largest absolute Gasteiger partial charge is 0.326 e. The second kappa shape index (κ2) is 9.57. The Kier molecular flexibility index (Phi) is 7.11. The highest BCUT2D eigenvalue weighted by Crippen LogP contribution is 2.33. The number of hydrogen-bond donors (Lipinski definition) is 1. The van der Waals surface area contributed by atoms with Crippen molar-refractivity contribution in [3.05, 3.63) is 69.1 Å². The van der Waals surface area contributed by atoms with Gasteiger partial charge in [-0.1, -0.05) is 59.8 Å². The number of rotatable bonds is 6. The molecule has 0 aromatic heterocycles. The number of amides is 2. The van der Waals surface area contributed by atoms with E-state index in [0.29, 0.717) is 33.6 Å². The molecule has 1 heterocycles. The molecule has 2 amide bonds.